The Bertz CT molecular complexity index is 580. The van der Waals surface area contributed by atoms with Gasteiger partial charge in [-0.05, 0) is 25.6 Å². The first-order valence-electron chi connectivity index (χ1n) is 6.42. The Morgan fingerprint density at radius 2 is 2.29 bits per heavy atom. The van der Waals surface area contributed by atoms with Crippen molar-refractivity contribution < 1.29 is 14.3 Å². The van der Waals surface area contributed by atoms with Gasteiger partial charge in [0.25, 0.3) is 0 Å². The Kier molecular flexibility index (Phi) is 7.63. The van der Waals surface area contributed by atoms with Gasteiger partial charge in [0, 0.05) is 18.8 Å². The highest BCUT2D eigenvalue weighted by Gasteiger charge is 2.21. The number of nitrogens with one attached hydrogen (secondary N) is 1. The zero-order valence-electron chi connectivity index (χ0n) is 11.7. The summed E-state index contributed by atoms with van der Waals surface area (Å²) in [6.07, 6.45) is 2.49. The number of thiazole rings is 1. The maximum Gasteiger partial charge on any atom is 0.352 e. The van der Waals surface area contributed by atoms with Gasteiger partial charge in [-0.25, -0.2) is 4.79 Å². The highest BCUT2D eigenvalue weighted by molar-refractivity contribution is 7.73. The van der Waals surface area contributed by atoms with Crippen molar-refractivity contribution in [2.45, 2.75) is 26.3 Å². The molecular weight excluding hydrogens is 332 g/mol. The largest absolute Gasteiger partial charge is 0.462 e. The van der Waals surface area contributed by atoms with Gasteiger partial charge in [-0.3, -0.25) is 4.79 Å². The summed E-state index contributed by atoms with van der Waals surface area (Å²) in [5, 5.41) is 2.72. The second-order valence-corrected chi connectivity index (χ2v) is 6.03. The lowest BCUT2D eigenvalue weighted by Crippen LogP contribution is -2.17. The number of nitrogens with zero attached hydrogens (tertiary/aromatic N) is 1. The minimum atomic E-state index is -0.496. The number of allylic oxidation sites excluding steroid dienone is 1. The third-order valence-corrected chi connectivity index (χ3v) is 4.16. The maximum absolute atomic E-state index is 12.0. The van der Waals surface area contributed by atoms with Gasteiger partial charge in [0.1, 0.15) is 5.82 Å². The van der Waals surface area contributed by atoms with E-state index in [2.05, 4.69) is 11.9 Å². The molecule has 0 aliphatic heterocycles. The second kappa shape index (κ2) is 8.96. The quantitative estimate of drug-likeness (QED) is 0.337. The normalized spacial score (nSPS) is 10.2. The number of anilines is 1. The molecule has 1 heterocycles. The monoisotopic (exact) mass is 348 g/mol. The van der Waals surface area contributed by atoms with E-state index in [0.717, 1.165) is 11.3 Å². The molecule has 0 atom stereocenters. The lowest BCUT2D eigenvalue weighted by atomic mass is 10.3. The number of aromatic nitrogens is 1. The Morgan fingerprint density at radius 1 is 1.57 bits per heavy atom. The summed E-state index contributed by atoms with van der Waals surface area (Å²) in [7, 11) is 0. The Balaban J connectivity index is 3.11. The number of hydrogen-bond donors (Lipinski definition) is 1. The molecule has 1 amide bonds. The lowest BCUT2D eigenvalue weighted by Gasteiger charge is -2.10. The third kappa shape index (κ3) is 4.94. The van der Waals surface area contributed by atoms with Gasteiger partial charge in [-0.15, -0.1) is 18.2 Å². The van der Waals surface area contributed by atoms with Gasteiger partial charge in [-0.2, -0.15) is 0 Å². The number of carbonyl (C=O) groups excluding carboxylic acids is 2. The van der Waals surface area contributed by atoms with Crippen molar-refractivity contribution in [3.8, 4) is 0 Å². The smallest absolute Gasteiger partial charge is 0.352 e. The molecule has 0 saturated heterocycles. The summed E-state index contributed by atoms with van der Waals surface area (Å²) >= 11 is 11.9. The predicted molar refractivity (Wildman–Crippen MR) is 87.9 cm³/mol. The molecule has 8 heteroatoms. The van der Waals surface area contributed by atoms with E-state index in [1.54, 1.807) is 17.6 Å². The molecule has 0 bridgehead atoms. The summed E-state index contributed by atoms with van der Waals surface area (Å²) < 4.78 is 7.12. The van der Waals surface area contributed by atoms with Gasteiger partial charge < -0.3 is 14.6 Å². The molecule has 1 aromatic rings. The van der Waals surface area contributed by atoms with E-state index in [9.17, 15) is 9.59 Å². The summed E-state index contributed by atoms with van der Waals surface area (Å²) in [6.45, 7) is 6.02. The van der Waals surface area contributed by atoms with Crippen LogP contribution in [0.25, 0.3) is 0 Å². The van der Waals surface area contributed by atoms with Gasteiger partial charge in [0.15, 0.2) is 8.83 Å². The molecular formula is C13H17ClN2O3S2. The van der Waals surface area contributed by atoms with Crippen molar-refractivity contribution >= 4 is 52.8 Å². The van der Waals surface area contributed by atoms with Crippen LogP contribution >= 0.6 is 35.2 Å². The van der Waals surface area contributed by atoms with Crippen molar-refractivity contribution in [2.24, 2.45) is 0 Å². The minimum absolute atomic E-state index is 0.216. The Hall–Kier alpha value is -1.18. The fourth-order valence-corrected chi connectivity index (χ4v) is 2.98. The Labute approximate surface area is 137 Å². The van der Waals surface area contributed by atoms with Crippen molar-refractivity contribution in [3.05, 3.63) is 21.5 Å². The summed E-state index contributed by atoms with van der Waals surface area (Å²) in [5.41, 5.74) is 0. The molecule has 116 valence electrons. The third-order valence-electron chi connectivity index (χ3n) is 2.46. The van der Waals surface area contributed by atoms with E-state index in [-0.39, 0.29) is 18.9 Å². The van der Waals surface area contributed by atoms with Crippen LogP contribution in [0.2, 0.25) is 0 Å². The van der Waals surface area contributed by atoms with Crippen molar-refractivity contribution in [1.82, 2.24) is 4.57 Å². The second-order valence-electron chi connectivity index (χ2n) is 4.01. The van der Waals surface area contributed by atoms with Gasteiger partial charge >= 0.3 is 5.97 Å². The maximum atomic E-state index is 12.0. The average Bonchev–Trinajstić information content (AvgIpc) is 2.75. The molecule has 0 unspecified atom stereocenters. The highest BCUT2D eigenvalue weighted by atomic mass is 35.5. The van der Waals surface area contributed by atoms with E-state index in [0.29, 0.717) is 33.5 Å². The van der Waals surface area contributed by atoms with E-state index in [4.69, 9.17) is 28.6 Å². The number of halogens is 1. The number of alkyl halides is 1. The van der Waals surface area contributed by atoms with Crippen LogP contribution in [0, 0.1) is 3.95 Å². The van der Waals surface area contributed by atoms with E-state index >= 15 is 0 Å². The molecule has 0 aliphatic rings. The van der Waals surface area contributed by atoms with Crippen molar-refractivity contribution in [3.63, 3.8) is 0 Å². The molecule has 0 radical (unpaired) electrons. The first-order valence-corrected chi connectivity index (χ1v) is 8.18. The highest BCUT2D eigenvalue weighted by Crippen LogP contribution is 2.26. The summed E-state index contributed by atoms with van der Waals surface area (Å²) in [6, 6.07) is 0. The molecule has 5 nitrogen and oxygen atoms in total. The summed E-state index contributed by atoms with van der Waals surface area (Å²) in [5.74, 6) is 0.0552. The zero-order valence-corrected chi connectivity index (χ0v) is 14.1. The lowest BCUT2D eigenvalue weighted by molar-refractivity contribution is -0.116. The standard InChI is InChI=1S/C13H17ClN2O3S2/c1-3-8-16-11(15-9(17)6-5-7-14)10(21-13(16)20)12(18)19-4-2/h3H,1,4-8H2,2H3,(H,15,17). The first-order chi connectivity index (χ1) is 10.0. The molecule has 1 N–H and O–H groups in total. The molecule has 21 heavy (non-hydrogen) atoms. The Morgan fingerprint density at radius 3 is 2.86 bits per heavy atom. The minimum Gasteiger partial charge on any atom is -0.462 e. The molecule has 0 saturated carbocycles. The zero-order chi connectivity index (χ0) is 15.8. The van der Waals surface area contributed by atoms with Crippen LogP contribution in [0.5, 0.6) is 0 Å². The van der Waals surface area contributed by atoms with Crippen molar-refractivity contribution in [2.75, 3.05) is 17.8 Å². The van der Waals surface area contributed by atoms with Crippen LogP contribution in [0.1, 0.15) is 29.4 Å². The number of hydrogen-bond acceptors (Lipinski definition) is 5. The molecule has 0 aliphatic carbocycles. The van der Waals surface area contributed by atoms with E-state index in [1.807, 2.05) is 0 Å². The predicted octanol–water partition coefficient (Wildman–Crippen LogP) is 3.60. The summed E-state index contributed by atoms with van der Waals surface area (Å²) in [4.78, 5) is 24.1. The van der Waals surface area contributed by atoms with Gasteiger partial charge in [0.2, 0.25) is 5.91 Å². The number of ether oxygens (including phenoxy) is 1. The average molecular weight is 349 g/mol. The number of rotatable bonds is 8. The van der Waals surface area contributed by atoms with Gasteiger partial charge in [0.05, 0.1) is 6.61 Å². The fraction of sp³-hybridized carbons (Fsp3) is 0.462. The van der Waals surface area contributed by atoms with Crippen LogP contribution in [-0.4, -0.2) is 28.9 Å². The van der Waals surface area contributed by atoms with E-state index < -0.39 is 5.97 Å². The number of carbonyl (C=O) groups is 2. The molecule has 1 aromatic heterocycles. The number of esters is 1. The van der Waals surface area contributed by atoms with Gasteiger partial charge in [-0.1, -0.05) is 17.4 Å². The topological polar surface area (TPSA) is 60.3 Å². The number of amides is 1. The van der Waals surface area contributed by atoms with Crippen molar-refractivity contribution in [1.29, 1.82) is 0 Å². The van der Waals surface area contributed by atoms with E-state index in [1.165, 1.54) is 0 Å². The molecule has 1 rings (SSSR count). The van der Waals surface area contributed by atoms with Crippen LogP contribution in [0.4, 0.5) is 5.82 Å². The van der Waals surface area contributed by atoms with Crippen LogP contribution in [-0.2, 0) is 16.1 Å². The first kappa shape index (κ1) is 17.9. The molecule has 0 fully saturated rings. The fourth-order valence-electron chi connectivity index (χ4n) is 1.58. The van der Waals surface area contributed by atoms with Crippen LogP contribution in [0.15, 0.2) is 12.7 Å². The van der Waals surface area contributed by atoms with Crippen LogP contribution < -0.4 is 5.32 Å². The van der Waals surface area contributed by atoms with Crippen LogP contribution in [0.3, 0.4) is 0 Å². The SMILES string of the molecule is C=CCn1c(NC(=O)CCCCl)c(C(=O)OCC)sc1=S. The molecule has 0 aromatic carbocycles. The molecule has 0 spiro atoms.